The van der Waals surface area contributed by atoms with E-state index in [1.807, 2.05) is 6.92 Å². The number of halogens is 1. The average molecular weight is 347 g/mol. The molecule has 0 saturated carbocycles. The molecule has 128 valence electrons. The highest BCUT2D eigenvalue weighted by Crippen LogP contribution is 2.19. The minimum Gasteiger partial charge on any atom is -0.478 e. The number of thioether (sulfide) groups is 1. The van der Waals surface area contributed by atoms with Gasteiger partial charge in [-0.05, 0) is 37.6 Å². The summed E-state index contributed by atoms with van der Waals surface area (Å²) in [6.07, 6.45) is -0.211. The molecule has 2 aromatic carbocycles. The molecule has 2 rings (SSSR count). The molecule has 0 aliphatic carbocycles. The summed E-state index contributed by atoms with van der Waals surface area (Å²) in [5.74, 6) is 0.197. The van der Waals surface area contributed by atoms with Gasteiger partial charge in [-0.3, -0.25) is 4.79 Å². The van der Waals surface area contributed by atoms with Crippen LogP contribution in [0.15, 0.2) is 53.4 Å². The molecule has 0 heterocycles. The Kier molecular flexibility index (Phi) is 7.12. The van der Waals surface area contributed by atoms with E-state index in [0.29, 0.717) is 13.0 Å². The van der Waals surface area contributed by atoms with Gasteiger partial charge in [0.25, 0.3) is 5.91 Å². The highest BCUT2D eigenvalue weighted by Gasteiger charge is 2.19. The number of benzene rings is 2. The van der Waals surface area contributed by atoms with Gasteiger partial charge in [-0.15, -0.1) is 11.8 Å². The fourth-order valence-electron chi connectivity index (χ4n) is 2.11. The number of carbonyl (C=O) groups is 1. The molecule has 2 aromatic rings. The molecule has 3 nitrogen and oxygen atoms in total. The minimum absolute atomic E-state index is 0.105. The molecule has 0 spiro atoms. The van der Waals surface area contributed by atoms with Crippen molar-refractivity contribution in [2.75, 3.05) is 12.3 Å². The highest BCUT2D eigenvalue weighted by atomic mass is 32.2. The van der Waals surface area contributed by atoms with Crippen molar-refractivity contribution in [3.05, 3.63) is 59.9 Å². The van der Waals surface area contributed by atoms with Gasteiger partial charge in [0.1, 0.15) is 0 Å². The lowest BCUT2D eigenvalue weighted by Gasteiger charge is -2.17. The van der Waals surface area contributed by atoms with Crippen LogP contribution in [0, 0.1) is 12.7 Å². The van der Waals surface area contributed by atoms with Crippen LogP contribution in [0.5, 0.6) is 5.75 Å². The predicted octanol–water partition coefficient (Wildman–Crippen LogP) is 4.20. The van der Waals surface area contributed by atoms with Crippen LogP contribution in [-0.2, 0) is 4.79 Å². The van der Waals surface area contributed by atoms with E-state index in [2.05, 4.69) is 36.5 Å². The lowest BCUT2D eigenvalue weighted by atomic mass is 10.2. The van der Waals surface area contributed by atoms with E-state index < -0.39 is 11.9 Å². The summed E-state index contributed by atoms with van der Waals surface area (Å²) < 4.78 is 19.1. The zero-order valence-corrected chi connectivity index (χ0v) is 14.7. The predicted molar refractivity (Wildman–Crippen MR) is 96.0 cm³/mol. The summed E-state index contributed by atoms with van der Waals surface area (Å²) in [5, 5.41) is 2.85. The number of aryl methyl sites for hydroxylation is 1. The molecule has 0 bridgehead atoms. The smallest absolute Gasteiger partial charge is 0.261 e. The molecule has 0 unspecified atom stereocenters. The van der Waals surface area contributed by atoms with Crippen LogP contribution >= 0.6 is 11.8 Å². The molecule has 0 aliphatic heterocycles. The summed E-state index contributed by atoms with van der Waals surface area (Å²) >= 11 is 1.68. The first-order chi connectivity index (χ1) is 11.6. The molecule has 0 fully saturated rings. The number of nitrogens with one attached hydrogen (secondary N) is 1. The molecule has 24 heavy (non-hydrogen) atoms. The summed E-state index contributed by atoms with van der Waals surface area (Å²) in [6, 6.07) is 14.4. The number of hydrogen-bond acceptors (Lipinski definition) is 3. The second-order valence-electron chi connectivity index (χ2n) is 5.40. The summed E-state index contributed by atoms with van der Waals surface area (Å²) in [6.45, 7) is 4.43. The Morgan fingerprint density at radius 2 is 1.92 bits per heavy atom. The number of ether oxygens (including phenoxy) is 1. The Labute approximate surface area is 146 Å². The van der Waals surface area contributed by atoms with Crippen molar-refractivity contribution in [2.24, 2.45) is 0 Å². The fourth-order valence-corrected chi connectivity index (χ4v) is 2.88. The maximum atomic E-state index is 13.6. The van der Waals surface area contributed by atoms with Crippen molar-refractivity contribution in [2.45, 2.75) is 31.3 Å². The Bertz CT molecular complexity index is 661. The van der Waals surface area contributed by atoms with Crippen LogP contribution in [0.3, 0.4) is 0 Å². The van der Waals surface area contributed by atoms with E-state index in [4.69, 9.17) is 4.74 Å². The number of rotatable bonds is 8. The van der Waals surface area contributed by atoms with Gasteiger partial charge in [-0.1, -0.05) is 36.8 Å². The molecule has 0 aliphatic rings. The Balaban J connectivity index is 1.77. The van der Waals surface area contributed by atoms with Gasteiger partial charge in [-0.25, -0.2) is 4.39 Å². The van der Waals surface area contributed by atoms with Crippen molar-refractivity contribution in [1.82, 2.24) is 5.32 Å². The van der Waals surface area contributed by atoms with E-state index in [1.165, 1.54) is 22.6 Å². The zero-order valence-electron chi connectivity index (χ0n) is 13.9. The standard InChI is InChI=1S/C19H22FNO2S/c1-3-17(23-18-7-5-4-6-16(18)20)19(22)21-12-13-24-15-10-8-14(2)9-11-15/h4-11,17H,3,12-13H2,1-2H3,(H,21,22)/t17-/m1/s1. The minimum atomic E-state index is -0.689. The molecule has 5 heteroatoms. The van der Waals surface area contributed by atoms with Crippen molar-refractivity contribution in [1.29, 1.82) is 0 Å². The maximum absolute atomic E-state index is 13.6. The van der Waals surface area contributed by atoms with Crippen LogP contribution in [0.4, 0.5) is 4.39 Å². The van der Waals surface area contributed by atoms with Crippen LogP contribution in [-0.4, -0.2) is 24.3 Å². The number of amides is 1. The van der Waals surface area contributed by atoms with Gasteiger partial charge >= 0.3 is 0 Å². The number of para-hydroxylation sites is 1. The van der Waals surface area contributed by atoms with Gasteiger partial charge in [0.15, 0.2) is 17.7 Å². The average Bonchev–Trinajstić information content (AvgIpc) is 2.59. The van der Waals surface area contributed by atoms with Crippen molar-refractivity contribution in [3.8, 4) is 5.75 Å². The van der Waals surface area contributed by atoms with Gasteiger partial charge in [-0.2, -0.15) is 0 Å². The Morgan fingerprint density at radius 1 is 1.21 bits per heavy atom. The van der Waals surface area contributed by atoms with Crippen LogP contribution < -0.4 is 10.1 Å². The highest BCUT2D eigenvalue weighted by molar-refractivity contribution is 7.99. The van der Waals surface area contributed by atoms with Crippen LogP contribution in [0.1, 0.15) is 18.9 Å². The van der Waals surface area contributed by atoms with Crippen molar-refractivity contribution < 1.29 is 13.9 Å². The molecular weight excluding hydrogens is 325 g/mol. The maximum Gasteiger partial charge on any atom is 0.261 e. The summed E-state index contributed by atoms with van der Waals surface area (Å²) in [5.41, 5.74) is 1.23. The van der Waals surface area contributed by atoms with Crippen molar-refractivity contribution >= 4 is 17.7 Å². The molecule has 0 saturated heterocycles. The molecule has 1 N–H and O–H groups in total. The van der Waals surface area contributed by atoms with Gasteiger partial charge in [0.05, 0.1) is 0 Å². The Morgan fingerprint density at radius 3 is 2.58 bits per heavy atom. The molecule has 1 amide bonds. The number of hydrogen-bond donors (Lipinski definition) is 1. The number of carbonyl (C=O) groups excluding carboxylic acids is 1. The zero-order chi connectivity index (χ0) is 17.4. The first-order valence-electron chi connectivity index (χ1n) is 7.98. The molecule has 0 aromatic heterocycles. The van der Waals surface area contributed by atoms with E-state index in [0.717, 1.165) is 5.75 Å². The van der Waals surface area contributed by atoms with Gasteiger partial charge in [0.2, 0.25) is 0 Å². The summed E-state index contributed by atoms with van der Waals surface area (Å²) in [4.78, 5) is 13.3. The van der Waals surface area contributed by atoms with Crippen LogP contribution in [0.2, 0.25) is 0 Å². The first-order valence-corrected chi connectivity index (χ1v) is 8.97. The third kappa shape index (κ3) is 5.57. The fraction of sp³-hybridized carbons (Fsp3) is 0.316. The topological polar surface area (TPSA) is 38.3 Å². The van der Waals surface area contributed by atoms with Crippen LogP contribution in [0.25, 0.3) is 0 Å². The Hall–Kier alpha value is -2.01. The lowest BCUT2D eigenvalue weighted by molar-refractivity contribution is -0.128. The largest absolute Gasteiger partial charge is 0.478 e. The lowest BCUT2D eigenvalue weighted by Crippen LogP contribution is -2.39. The molecule has 1 atom stereocenters. The second-order valence-corrected chi connectivity index (χ2v) is 6.57. The molecule has 0 radical (unpaired) electrons. The monoisotopic (exact) mass is 347 g/mol. The summed E-state index contributed by atoms with van der Waals surface area (Å²) in [7, 11) is 0. The second kappa shape index (κ2) is 9.33. The van der Waals surface area contributed by atoms with E-state index in [-0.39, 0.29) is 11.7 Å². The van der Waals surface area contributed by atoms with E-state index in [1.54, 1.807) is 23.9 Å². The third-order valence-electron chi connectivity index (χ3n) is 3.46. The van der Waals surface area contributed by atoms with E-state index >= 15 is 0 Å². The quantitative estimate of drug-likeness (QED) is 0.574. The SMILES string of the molecule is CC[C@@H](Oc1ccccc1F)C(=O)NCCSc1ccc(C)cc1. The molecular formula is C19H22FNO2S. The van der Waals surface area contributed by atoms with E-state index in [9.17, 15) is 9.18 Å². The first kappa shape index (κ1) is 18.3. The van der Waals surface area contributed by atoms with Crippen molar-refractivity contribution in [3.63, 3.8) is 0 Å². The van der Waals surface area contributed by atoms with Gasteiger partial charge < -0.3 is 10.1 Å². The van der Waals surface area contributed by atoms with Gasteiger partial charge in [0, 0.05) is 17.2 Å². The third-order valence-corrected chi connectivity index (χ3v) is 4.47. The normalized spacial score (nSPS) is 11.8.